The molecule has 0 spiro atoms. The summed E-state index contributed by atoms with van der Waals surface area (Å²) in [6.07, 6.45) is 0.348. The summed E-state index contributed by atoms with van der Waals surface area (Å²) < 4.78 is 28.8. The number of benzene rings is 3. The Morgan fingerprint density at radius 2 is 1.62 bits per heavy atom. The second-order valence-electron chi connectivity index (χ2n) is 10.9. The predicted octanol–water partition coefficient (Wildman–Crippen LogP) is 5.87. The van der Waals surface area contributed by atoms with Crippen molar-refractivity contribution < 1.29 is 18.0 Å². The molecule has 40 heavy (non-hydrogen) atoms. The summed E-state index contributed by atoms with van der Waals surface area (Å²) in [5.41, 5.74) is 2.38. The number of hydrogen-bond donors (Lipinski definition) is 1. The maximum Gasteiger partial charge on any atom is 0.264 e. The lowest BCUT2D eigenvalue weighted by Crippen LogP contribution is -2.55. The van der Waals surface area contributed by atoms with Gasteiger partial charge in [0, 0.05) is 17.1 Å². The van der Waals surface area contributed by atoms with Gasteiger partial charge in [-0.3, -0.25) is 13.9 Å². The zero-order valence-electron chi connectivity index (χ0n) is 23.9. The Labute approximate surface area is 243 Å². The molecule has 0 unspecified atom stereocenters. The second-order valence-corrected chi connectivity index (χ2v) is 13.2. The van der Waals surface area contributed by atoms with Crippen molar-refractivity contribution in [2.45, 2.75) is 71.0 Å². The summed E-state index contributed by atoms with van der Waals surface area (Å²) in [6.45, 7) is 10.9. The molecule has 0 bridgehead atoms. The van der Waals surface area contributed by atoms with E-state index in [-0.39, 0.29) is 23.0 Å². The van der Waals surface area contributed by atoms with E-state index in [1.165, 1.54) is 17.0 Å². The van der Waals surface area contributed by atoms with Crippen LogP contribution in [0, 0.1) is 13.8 Å². The fourth-order valence-electron chi connectivity index (χ4n) is 4.36. The van der Waals surface area contributed by atoms with Crippen molar-refractivity contribution in [3.05, 3.63) is 94.5 Å². The van der Waals surface area contributed by atoms with Gasteiger partial charge >= 0.3 is 0 Å². The molecular formula is C31H38ClN3O4S. The highest BCUT2D eigenvalue weighted by molar-refractivity contribution is 7.92. The Bertz CT molecular complexity index is 1450. The van der Waals surface area contributed by atoms with Crippen molar-refractivity contribution in [1.29, 1.82) is 0 Å². The van der Waals surface area contributed by atoms with Crippen molar-refractivity contribution in [2.24, 2.45) is 0 Å². The van der Waals surface area contributed by atoms with Crippen molar-refractivity contribution in [3.8, 4) is 0 Å². The average Bonchev–Trinajstić information content (AvgIpc) is 2.88. The summed E-state index contributed by atoms with van der Waals surface area (Å²) in [5, 5.41) is 3.36. The van der Waals surface area contributed by atoms with Gasteiger partial charge in [0.05, 0.1) is 10.6 Å². The van der Waals surface area contributed by atoms with Crippen LogP contribution in [-0.4, -0.2) is 43.3 Å². The van der Waals surface area contributed by atoms with E-state index in [2.05, 4.69) is 5.32 Å². The Morgan fingerprint density at radius 3 is 2.20 bits per heavy atom. The summed E-state index contributed by atoms with van der Waals surface area (Å²) >= 11 is 6.38. The van der Waals surface area contributed by atoms with Crippen LogP contribution in [-0.2, 0) is 26.2 Å². The van der Waals surface area contributed by atoms with E-state index in [0.717, 1.165) is 21.0 Å². The third kappa shape index (κ3) is 7.86. The molecule has 7 nitrogen and oxygen atoms in total. The predicted molar refractivity (Wildman–Crippen MR) is 161 cm³/mol. The van der Waals surface area contributed by atoms with E-state index < -0.39 is 34.1 Å². The molecule has 0 radical (unpaired) electrons. The minimum atomic E-state index is -4.15. The van der Waals surface area contributed by atoms with Gasteiger partial charge in [-0.05, 0) is 76.4 Å². The number of aryl methyl sites for hydroxylation is 2. The van der Waals surface area contributed by atoms with E-state index in [1.807, 2.05) is 65.8 Å². The van der Waals surface area contributed by atoms with Gasteiger partial charge in [-0.2, -0.15) is 0 Å². The van der Waals surface area contributed by atoms with Crippen molar-refractivity contribution in [3.63, 3.8) is 0 Å². The Balaban J connectivity index is 2.09. The summed E-state index contributed by atoms with van der Waals surface area (Å²) in [4.78, 5) is 29.0. The van der Waals surface area contributed by atoms with Crippen LogP contribution < -0.4 is 9.62 Å². The smallest absolute Gasteiger partial charge is 0.264 e. The molecule has 0 aliphatic heterocycles. The molecule has 1 atom stereocenters. The summed E-state index contributed by atoms with van der Waals surface area (Å²) in [5.74, 6) is -0.805. The first-order chi connectivity index (χ1) is 18.7. The van der Waals surface area contributed by atoms with E-state index in [0.29, 0.717) is 11.4 Å². The van der Waals surface area contributed by atoms with Crippen LogP contribution in [0.5, 0.6) is 0 Å². The van der Waals surface area contributed by atoms with Crippen LogP contribution in [0.1, 0.15) is 50.8 Å². The molecule has 3 rings (SSSR count). The number of nitrogens with one attached hydrogen (secondary N) is 1. The lowest BCUT2D eigenvalue weighted by molar-refractivity contribution is -0.141. The Hall–Kier alpha value is -3.36. The monoisotopic (exact) mass is 583 g/mol. The van der Waals surface area contributed by atoms with Crippen LogP contribution in [0.3, 0.4) is 0 Å². The Kier molecular flexibility index (Phi) is 10.0. The number of carbonyl (C=O) groups excluding carboxylic acids is 2. The molecule has 0 saturated carbocycles. The first-order valence-corrected chi connectivity index (χ1v) is 15.1. The highest BCUT2D eigenvalue weighted by atomic mass is 35.5. The highest BCUT2D eigenvalue weighted by Crippen LogP contribution is 2.28. The molecule has 3 aromatic rings. The average molecular weight is 584 g/mol. The van der Waals surface area contributed by atoms with Crippen molar-refractivity contribution >= 4 is 39.1 Å². The molecular weight excluding hydrogens is 546 g/mol. The molecule has 0 heterocycles. The highest BCUT2D eigenvalue weighted by Gasteiger charge is 2.34. The number of rotatable bonds is 10. The van der Waals surface area contributed by atoms with Gasteiger partial charge in [0.2, 0.25) is 11.8 Å². The maximum atomic E-state index is 14.1. The largest absolute Gasteiger partial charge is 0.350 e. The molecule has 0 saturated heterocycles. The van der Waals surface area contributed by atoms with Gasteiger partial charge < -0.3 is 10.2 Å². The van der Waals surface area contributed by atoms with Gasteiger partial charge in [-0.15, -0.1) is 0 Å². The van der Waals surface area contributed by atoms with E-state index in [4.69, 9.17) is 11.6 Å². The van der Waals surface area contributed by atoms with E-state index in [9.17, 15) is 18.0 Å². The SMILES string of the molecule is CC[C@@H](C(=O)NC(C)(C)C)N(Cc1cccc(C)c1)C(=O)CN(c1ccc(C)c(Cl)c1)S(=O)(=O)c1ccccc1. The van der Waals surface area contributed by atoms with Gasteiger partial charge in [0.25, 0.3) is 10.0 Å². The minimum Gasteiger partial charge on any atom is -0.350 e. The third-order valence-electron chi connectivity index (χ3n) is 6.37. The minimum absolute atomic E-state index is 0.0437. The zero-order chi connectivity index (χ0) is 29.7. The number of nitrogens with zero attached hydrogens (tertiary/aromatic N) is 2. The topological polar surface area (TPSA) is 86.8 Å². The first-order valence-electron chi connectivity index (χ1n) is 13.2. The number of hydrogen-bond acceptors (Lipinski definition) is 4. The zero-order valence-corrected chi connectivity index (χ0v) is 25.5. The summed E-state index contributed by atoms with van der Waals surface area (Å²) in [7, 11) is -4.15. The molecule has 0 aliphatic rings. The molecule has 0 fully saturated rings. The second kappa shape index (κ2) is 12.9. The molecule has 214 valence electrons. The van der Waals surface area contributed by atoms with E-state index in [1.54, 1.807) is 36.4 Å². The van der Waals surface area contributed by atoms with Crippen LogP contribution in [0.25, 0.3) is 0 Å². The standard InChI is InChI=1S/C31H38ClN3O4S/c1-7-28(30(37)33-31(4,5)6)34(20-24-13-11-12-22(2)18-24)29(36)21-35(25-17-16-23(3)27(32)19-25)40(38,39)26-14-9-8-10-15-26/h8-19,28H,7,20-21H2,1-6H3,(H,33,37)/t28-/m0/s1. The number of anilines is 1. The van der Waals surface area contributed by atoms with Crippen LogP contribution in [0.2, 0.25) is 5.02 Å². The van der Waals surface area contributed by atoms with Crippen molar-refractivity contribution in [2.75, 3.05) is 10.8 Å². The van der Waals surface area contributed by atoms with Crippen LogP contribution >= 0.6 is 11.6 Å². The number of amides is 2. The normalized spacial score (nSPS) is 12.5. The fraction of sp³-hybridized carbons (Fsp3) is 0.355. The molecule has 3 aromatic carbocycles. The van der Waals surface area contributed by atoms with Gasteiger partial charge in [-0.1, -0.05) is 72.6 Å². The van der Waals surface area contributed by atoms with Crippen LogP contribution in [0.15, 0.2) is 77.7 Å². The molecule has 1 N–H and O–H groups in total. The van der Waals surface area contributed by atoms with Crippen LogP contribution in [0.4, 0.5) is 5.69 Å². The van der Waals surface area contributed by atoms with Gasteiger partial charge in [0.1, 0.15) is 12.6 Å². The number of sulfonamides is 1. The van der Waals surface area contributed by atoms with Gasteiger partial charge in [-0.25, -0.2) is 8.42 Å². The van der Waals surface area contributed by atoms with Crippen molar-refractivity contribution in [1.82, 2.24) is 10.2 Å². The molecule has 0 aromatic heterocycles. The maximum absolute atomic E-state index is 14.1. The lowest BCUT2D eigenvalue weighted by atomic mass is 10.0. The summed E-state index contributed by atoms with van der Waals surface area (Å²) in [6, 6.07) is 19.7. The fourth-order valence-corrected chi connectivity index (χ4v) is 5.97. The molecule has 0 aliphatic carbocycles. The Morgan fingerprint density at radius 1 is 0.950 bits per heavy atom. The quantitative estimate of drug-likeness (QED) is 0.323. The molecule has 2 amide bonds. The number of halogens is 1. The number of carbonyl (C=O) groups is 2. The van der Waals surface area contributed by atoms with Gasteiger partial charge in [0.15, 0.2) is 0 Å². The molecule has 9 heteroatoms. The third-order valence-corrected chi connectivity index (χ3v) is 8.57. The lowest BCUT2D eigenvalue weighted by Gasteiger charge is -2.35. The van der Waals surface area contributed by atoms with E-state index >= 15 is 0 Å². The first kappa shape index (κ1) is 31.2.